The normalized spacial score (nSPS) is 23.1. The molecule has 2 saturated carbocycles. The van der Waals surface area contributed by atoms with Crippen LogP contribution in [0.15, 0.2) is 59.7 Å². The zero-order valence-corrected chi connectivity index (χ0v) is 16.0. The minimum Gasteiger partial charge on any atom is -0.273 e. The van der Waals surface area contributed by atoms with E-state index in [0.29, 0.717) is 5.92 Å². The van der Waals surface area contributed by atoms with Crippen LogP contribution in [0.25, 0.3) is 0 Å². The van der Waals surface area contributed by atoms with Crippen LogP contribution < -0.4 is 5.43 Å². The molecule has 0 saturated heterocycles. The molecule has 2 aliphatic rings. The quantitative estimate of drug-likeness (QED) is 0.564. The van der Waals surface area contributed by atoms with Gasteiger partial charge in [-0.2, -0.15) is 5.10 Å². The molecule has 1 amide bonds. The topological polar surface area (TPSA) is 41.5 Å². The van der Waals surface area contributed by atoms with E-state index in [9.17, 15) is 4.79 Å². The third kappa shape index (κ3) is 4.29. The first-order chi connectivity index (χ1) is 13.2. The van der Waals surface area contributed by atoms with Crippen molar-refractivity contribution in [1.29, 1.82) is 0 Å². The Kier molecular flexibility index (Phi) is 5.38. The summed E-state index contributed by atoms with van der Waals surface area (Å²) >= 11 is 0. The largest absolute Gasteiger partial charge is 0.273 e. The molecule has 0 heterocycles. The van der Waals surface area contributed by atoms with Crippen molar-refractivity contribution in [2.75, 3.05) is 0 Å². The van der Waals surface area contributed by atoms with Crippen molar-refractivity contribution < 1.29 is 4.79 Å². The molecule has 140 valence electrons. The van der Waals surface area contributed by atoms with Gasteiger partial charge in [0.05, 0.1) is 5.71 Å². The van der Waals surface area contributed by atoms with Gasteiger partial charge in [-0.1, -0.05) is 73.9 Å². The van der Waals surface area contributed by atoms with Crippen LogP contribution in [0.1, 0.15) is 74.0 Å². The zero-order valence-electron chi connectivity index (χ0n) is 16.0. The fourth-order valence-electron chi connectivity index (χ4n) is 4.27. The molecule has 0 aliphatic heterocycles. The molecule has 0 unspecified atom stereocenters. The highest BCUT2D eigenvalue weighted by molar-refractivity contribution is 5.99. The summed E-state index contributed by atoms with van der Waals surface area (Å²) in [5.74, 6) is 1.14. The lowest BCUT2D eigenvalue weighted by Crippen LogP contribution is -2.21. The molecule has 3 nitrogen and oxygen atoms in total. The lowest BCUT2D eigenvalue weighted by atomic mass is 9.84. The van der Waals surface area contributed by atoms with E-state index >= 15 is 0 Å². The number of carbonyl (C=O) groups excluding carboxylic acids is 1. The average Bonchev–Trinajstić information content (AvgIpc) is 3.54. The van der Waals surface area contributed by atoms with Crippen LogP contribution in [-0.2, 0) is 4.79 Å². The first kappa shape index (κ1) is 18.0. The second kappa shape index (κ2) is 8.08. The smallest absolute Gasteiger partial charge is 0.243 e. The van der Waals surface area contributed by atoms with Gasteiger partial charge >= 0.3 is 0 Å². The summed E-state index contributed by atoms with van der Waals surface area (Å²) < 4.78 is 0. The Morgan fingerprint density at radius 2 is 1.63 bits per heavy atom. The third-order valence-corrected chi connectivity index (χ3v) is 6.09. The predicted molar refractivity (Wildman–Crippen MR) is 110 cm³/mol. The first-order valence-electron chi connectivity index (χ1n) is 10.2. The fourth-order valence-corrected chi connectivity index (χ4v) is 4.27. The van der Waals surface area contributed by atoms with Gasteiger partial charge in [0.1, 0.15) is 0 Å². The number of hydrazone groups is 1. The SMILES string of the molecule is C/C(=N/NC(=O)[C@@H]1C[C@@H]1c1ccccc1)c1ccc(C2CCCCC2)cc1. The number of nitrogens with one attached hydrogen (secondary N) is 1. The van der Waals surface area contributed by atoms with Crippen LogP contribution in [0.3, 0.4) is 0 Å². The van der Waals surface area contributed by atoms with Crippen molar-refractivity contribution in [3.63, 3.8) is 0 Å². The minimum absolute atomic E-state index is 0.0297. The minimum atomic E-state index is 0.0297. The summed E-state index contributed by atoms with van der Waals surface area (Å²) in [7, 11) is 0. The first-order valence-corrected chi connectivity index (χ1v) is 10.2. The molecule has 4 rings (SSSR count). The Morgan fingerprint density at radius 3 is 2.33 bits per heavy atom. The van der Waals surface area contributed by atoms with E-state index in [-0.39, 0.29) is 11.8 Å². The second-order valence-corrected chi connectivity index (χ2v) is 7.99. The number of hydrogen-bond acceptors (Lipinski definition) is 2. The molecular weight excluding hydrogens is 332 g/mol. The van der Waals surface area contributed by atoms with Crippen molar-refractivity contribution in [3.05, 3.63) is 71.3 Å². The van der Waals surface area contributed by atoms with E-state index in [1.807, 2.05) is 25.1 Å². The van der Waals surface area contributed by atoms with E-state index in [1.165, 1.54) is 43.2 Å². The molecule has 2 aromatic rings. The number of hydrogen-bond donors (Lipinski definition) is 1. The monoisotopic (exact) mass is 360 g/mol. The Morgan fingerprint density at radius 1 is 0.926 bits per heavy atom. The molecule has 0 aromatic heterocycles. The van der Waals surface area contributed by atoms with Crippen molar-refractivity contribution in [2.45, 2.75) is 57.3 Å². The Bertz CT molecular complexity index is 804. The molecule has 2 aliphatic carbocycles. The van der Waals surface area contributed by atoms with Crippen LogP contribution >= 0.6 is 0 Å². The Hall–Kier alpha value is -2.42. The summed E-state index contributed by atoms with van der Waals surface area (Å²) in [5.41, 5.74) is 7.39. The standard InChI is InChI=1S/C24H28N2O/c1-17(18-12-14-20(15-13-18)19-8-4-2-5-9-19)25-26-24(27)23-16-22(23)21-10-6-3-7-11-21/h3,6-7,10-15,19,22-23H,2,4-5,8-9,16H2,1H3,(H,26,27)/b25-17-/t22-,23-/m1/s1. The number of amides is 1. The summed E-state index contributed by atoms with van der Waals surface area (Å²) in [6, 6.07) is 19.0. The van der Waals surface area contributed by atoms with Gasteiger partial charge in [-0.15, -0.1) is 0 Å². The molecule has 2 fully saturated rings. The van der Waals surface area contributed by atoms with Gasteiger partial charge in [-0.05, 0) is 54.7 Å². The molecular formula is C24H28N2O. The highest BCUT2D eigenvalue weighted by Gasteiger charge is 2.43. The summed E-state index contributed by atoms with van der Waals surface area (Å²) in [6.07, 6.45) is 7.62. The van der Waals surface area contributed by atoms with Crippen molar-refractivity contribution in [1.82, 2.24) is 5.43 Å². The molecule has 0 spiro atoms. The van der Waals surface area contributed by atoms with E-state index < -0.39 is 0 Å². The number of nitrogens with zero attached hydrogens (tertiary/aromatic N) is 1. The highest BCUT2D eigenvalue weighted by Crippen LogP contribution is 2.47. The van der Waals surface area contributed by atoms with Crippen LogP contribution in [-0.4, -0.2) is 11.6 Å². The predicted octanol–water partition coefficient (Wildman–Crippen LogP) is 5.38. The lowest BCUT2D eigenvalue weighted by Gasteiger charge is -2.22. The van der Waals surface area contributed by atoms with Crippen LogP contribution in [0.2, 0.25) is 0 Å². The van der Waals surface area contributed by atoms with Gasteiger partial charge < -0.3 is 0 Å². The average molecular weight is 361 g/mol. The van der Waals surface area contributed by atoms with Gasteiger partial charge in [0.15, 0.2) is 0 Å². The Balaban J connectivity index is 1.33. The van der Waals surface area contributed by atoms with E-state index in [2.05, 4.69) is 46.9 Å². The Labute approximate surface area is 161 Å². The zero-order chi connectivity index (χ0) is 18.6. The van der Waals surface area contributed by atoms with Crippen LogP contribution in [0.5, 0.6) is 0 Å². The van der Waals surface area contributed by atoms with Gasteiger partial charge in [0.25, 0.3) is 0 Å². The molecule has 0 radical (unpaired) electrons. The van der Waals surface area contributed by atoms with E-state index in [4.69, 9.17) is 0 Å². The van der Waals surface area contributed by atoms with E-state index in [0.717, 1.165) is 23.6 Å². The van der Waals surface area contributed by atoms with Crippen molar-refractivity contribution in [3.8, 4) is 0 Å². The lowest BCUT2D eigenvalue weighted by molar-refractivity contribution is -0.122. The maximum Gasteiger partial charge on any atom is 0.243 e. The molecule has 0 bridgehead atoms. The molecule has 2 aromatic carbocycles. The van der Waals surface area contributed by atoms with Crippen LogP contribution in [0, 0.1) is 5.92 Å². The van der Waals surface area contributed by atoms with Crippen LogP contribution in [0.4, 0.5) is 0 Å². The molecule has 1 N–H and O–H groups in total. The number of rotatable bonds is 5. The van der Waals surface area contributed by atoms with Gasteiger partial charge in [0, 0.05) is 5.92 Å². The maximum absolute atomic E-state index is 12.4. The molecule has 27 heavy (non-hydrogen) atoms. The number of benzene rings is 2. The summed E-state index contributed by atoms with van der Waals surface area (Å²) in [5, 5.41) is 4.34. The van der Waals surface area contributed by atoms with Crippen molar-refractivity contribution >= 4 is 11.6 Å². The highest BCUT2D eigenvalue weighted by atomic mass is 16.2. The van der Waals surface area contributed by atoms with Gasteiger partial charge in [-0.25, -0.2) is 5.43 Å². The van der Waals surface area contributed by atoms with Gasteiger partial charge in [0.2, 0.25) is 5.91 Å². The summed E-state index contributed by atoms with van der Waals surface area (Å²) in [4.78, 5) is 12.4. The van der Waals surface area contributed by atoms with Gasteiger partial charge in [-0.3, -0.25) is 4.79 Å². The maximum atomic E-state index is 12.4. The summed E-state index contributed by atoms with van der Waals surface area (Å²) in [6.45, 7) is 1.96. The second-order valence-electron chi connectivity index (χ2n) is 7.99. The third-order valence-electron chi connectivity index (χ3n) is 6.09. The number of carbonyl (C=O) groups is 1. The fraction of sp³-hybridized carbons (Fsp3) is 0.417. The molecule has 2 atom stereocenters. The van der Waals surface area contributed by atoms with E-state index in [1.54, 1.807) is 0 Å². The molecule has 3 heteroatoms. The van der Waals surface area contributed by atoms with Crippen molar-refractivity contribution in [2.24, 2.45) is 11.0 Å².